The van der Waals surface area contributed by atoms with E-state index < -0.39 is 5.41 Å². The second-order valence-corrected chi connectivity index (χ2v) is 7.04. The maximum atomic E-state index is 12.8. The Morgan fingerprint density at radius 1 is 1.32 bits per heavy atom. The average Bonchev–Trinajstić information content (AvgIpc) is 3.08. The van der Waals surface area contributed by atoms with Crippen LogP contribution in [-0.4, -0.2) is 52.7 Å². The van der Waals surface area contributed by atoms with E-state index in [-0.39, 0.29) is 11.8 Å². The van der Waals surface area contributed by atoms with Crippen molar-refractivity contribution in [2.45, 2.75) is 39.5 Å². The lowest BCUT2D eigenvalue weighted by Gasteiger charge is -2.39. The minimum Gasteiger partial charge on any atom is -0.352 e. The summed E-state index contributed by atoms with van der Waals surface area (Å²) in [4.78, 5) is 26.9. The number of carbonyl (C=O) groups excluding carboxylic acids is 2. The highest BCUT2D eigenvalue weighted by molar-refractivity contribution is 5.93. The first-order valence-corrected chi connectivity index (χ1v) is 9.22. The molecule has 0 atom stereocenters. The minimum absolute atomic E-state index is 0.0919. The topological polar surface area (TPSA) is 93.2 Å². The number of nitrogens with zero attached hydrogens (tertiary/aromatic N) is 3. The van der Waals surface area contributed by atoms with Crippen molar-refractivity contribution in [1.82, 2.24) is 20.0 Å². The molecule has 1 saturated heterocycles. The van der Waals surface area contributed by atoms with Gasteiger partial charge in [-0.05, 0) is 31.6 Å². The number of aryl methyl sites for hydroxylation is 1. The first-order chi connectivity index (χ1) is 12.0. The van der Waals surface area contributed by atoms with Crippen LogP contribution in [0.4, 0.5) is 0 Å². The van der Waals surface area contributed by atoms with E-state index in [4.69, 9.17) is 5.73 Å². The lowest BCUT2D eigenvalue weighted by molar-refractivity contribution is -0.143. The number of rotatable bonds is 7. The molecular formula is C18H31N5O2. The van der Waals surface area contributed by atoms with E-state index >= 15 is 0 Å². The maximum absolute atomic E-state index is 12.8. The summed E-state index contributed by atoms with van der Waals surface area (Å²) in [6, 6.07) is 0. The van der Waals surface area contributed by atoms with Crippen LogP contribution in [-0.2, 0) is 11.8 Å². The van der Waals surface area contributed by atoms with Crippen molar-refractivity contribution >= 4 is 11.8 Å². The third-order valence-corrected chi connectivity index (χ3v) is 5.62. The van der Waals surface area contributed by atoms with E-state index in [0.29, 0.717) is 24.6 Å². The predicted octanol–water partition coefficient (Wildman–Crippen LogP) is 1.15. The average molecular weight is 349 g/mol. The van der Waals surface area contributed by atoms with Crippen molar-refractivity contribution in [3.05, 3.63) is 18.0 Å². The molecule has 2 heterocycles. The third-order valence-electron chi connectivity index (χ3n) is 5.62. The number of nitrogens with two attached hydrogens (primary N) is 1. The van der Waals surface area contributed by atoms with Crippen LogP contribution in [0.5, 0.6) is 0 Å². The molecule has 0 aromatic carbocycles. The first-order valence-electron chi connectivity index (χ1n) is 9.22. The van der Waals surface area contributed by atoms with E-state index in [0.717, 1.165) is 38.8 Å². The van der Waals surface area contributed by atoms with E-state index in [9.17, 15) is 9.59 Å². The molecule has 2 amide bonds. The van der Waals surface area contributed by atoms with Gasteiger partial charge in [0, 0.05) is 39.4 Å². The Bertz CT molecular complexity index is 578. The molecular weight excluding hydrogens is 318 g/mol. The summed E-state index contributed by atoms with van der Waals surface area (Å²) in [5.41, 5.74) is 6.06. The van der Waals surface area contributed by atoms with Gasteiger partial charge in [-0.3, -0.25) is 14.3 Å². The molecule has 0 spiro atoms. The number of likely N-dealkylation sites (tertiary alicyclic amines) is 1. The molecule has 0 radical (unpaired) electrons. The zero-order valence-electron chi connectivity index (χ0n) is 15.6. The molecule has 0 unspecified atom stereocenters. The molecule has 0 saturated carbocycles. The fourth-order valence-corrected chi connectivity index (χ4v) is 3.48. The smallest absolute Gasteiger partial charge is 0.254 e. The predicted molar refractivity (Wildman–Crippen MR) is 96.9 cm³/mol. The number of piperidine rings is 1. The lowest BCUT2D eigenvalue weighted by Crippen LogP contribution is -2.50. The van der Waals surface area contributed by atoms with Crippen molar-refractivity contribution in [3.8, 4) is 0 Å². The van der Waals surface area contributed by atoms with E-state index in [2.05, 4.69) is 10.4 Å². The van der Waals surface area contributed by atoms with E-state index in [1.165, 1.54) is 0 Å². The van der Waals surface area contributed by atoms with Crippen molar-refractivity contribution in [2.24, 2.45) is 24.1 Å². The number of hydrogen-bond acceptors (Lipinski definition) is 4. The molecule has 0 aliphatic carbocycles. The van der Waals surface area contributed by atoms with Crippen LogP contribution >= 0.6 is 0 Å². The van der Waals surface area contributed by atoms with E-state index in [1.807, 2.05) is 18.7 Å². The van der Waals surface area contributed by atoms with Crippen LogP contribution in [0.1, 0.15) is 49.9 Å². The molecule has 7 nitrogen and oxygen atoms in total. The molecule has 7 heteroatoms. The SMILES string of the molecule is CCC(CC)(CN)C(=O)N1CCC(CNC(=O)c2cnn(C)c2)CC1. The summed E-state index contributed by atoms with van der Waals surface area (Å²) in [5, 5.41) is 6.98. The monoisotopic (exact) mass is 349 g/mol. The summed E-state index contributed by atoms with van der Waals surface area (Å²) in [7, 11) is 1.79. The molecule has 1 aromatic rings. The number of amides is 2. The molecule has 1 aromatic heterocycles. The molecule has 0 bridgehead atoms. The van der Waals surface area contributed by atoms with Gasteiger partial charge in [0.25, 0.3) is 5.91 Å². The highest BCUT2D eigenvalue weighted by Gasteiger charge is 2.38. The van der Waals surface area contributed by atoms with Crippen molar-refractivity contribution in [1.29, 1.82) is 0 Å². The standard InChI is InChI=1S/C18H31N5O2/c1-4-18(5-2,13-19)17(25)23-8-6-14(7-9-23)10-20-16(24)15-11-21-22(3)12-15/h11-12,14H,4-10,13,19H2,1-3H3,(H,20,24). The number of aromatic nitrogens is 2. The number of nitrogens with one attached hydrogen (secondary N) is 1. The zero-order chi connectivity index (χ0) is 18.4. The fourth-order valence-electron chi connectivity index (χ4n) is 3.48. The largest absolute Gasteiger partial charge is 0.352 e. The van der Waals surface area contributed by atoms with Gasteiger partial charge in [-0.2, -0.15) is 5.10 Å². The van der Waals surface area contributed by atoms with Crippen molar-refractivity contribution in [2.75, 3.05) is 26.2 Å². The van der Waals surface area contributed by atoms with Gasteiger partial charge >= 0.3 is 0 Å². The lowest BCUT2D eigenvalue weighted by atomic mass is 9.80. The maximum Gasteiger partial charge on any atom is 0.254 e. The van der Waals surface area contributed by atoms with Gasteiger partial charge in [0.15, 0.2) is 0 Å². The highest BCUT2D eigenvalue weighted by Crippen LogP contribution is 2.30. The van der Waals surface area contributed by atoms with Crippen LogP contribution in [0, 0.1) is 11.3 Å². The summed E-state index contributed by atoms with van der Waals surface area (Å²) in [6.07, 6.45) is 6.65. The van der Waals surface area contributed by atoms with Gasteiger partial charge in [-0.25, -0.2) is 0 Å². The normalized spacial score (nSPS) is 16.1. The van der Waals surface area contributed by atoms with Gasteiger partial charge in [0.05, 0.1) is 17.2 Å². The molecule has 25 heavy (non-hydrogen) atoms. The van der Waals surface area contributed by atoms with Gasteiger partial charge in [0.1, 0.15) is 0 Å². The van der Waals surface area contributed by atoms with Crippen LogP contribution in [0.3, 0.4) is 0 Å². The van der Waals surface area contributed by atoms with Gasteiger partial charge in [-0.15, -0.1) is 0 Å². The van der Waals surface area contributed by atoms with Crippen molar-refractivity contribution < 1.29 is 9.59 Å². The molecule has 140 valence electrons. The van der Waals surface area contributed by atoms with Gasteiger partial charge in [-0.1, -0.05) is 13.8 Å². The Morgan fingerprint density at radius 3 is 2.44 bits per heavy atom. The van der Waals surface area contributed by atoms with E-state index in [1.54, 1.807) is 24.1 Å². The summed E-state index contributed by atoms with van der Waals surface area (Å²) >= 11 is 0. The zero-order valence-corrected chi connectivity index (χ0v) is 15.6. The Labute approximate surface area is 149 Å². The molecule has 1 fully saturated rings. The molecule has 1 aliphatic rings. The quantitative estimate of drug-likeness (QED) is 0.772. The van der Waals surface area contributed by atoms with Crippen LogP contribution in [0.2, 0.25) is 0 Å². The minimum atomic E-state index is -0.415. The second-order valence-electron chi connectivity index (χ2n) is 7.04. The number of carbonyl (C=O) groups is 2. The first kappa shape index (κ1) is 19.4. The number of hydrogen-bond donors (Lipinski definition) is 2. The molecule has 2 rings (SSSR count). The fraction of sp³-hybridized carbons (Fsp3) is 0.722. The molecule has 3 N–H and O–H groups in total. The summed E-state index contributed by atoms with van der Waals surface area (Å²) < 4.78 is 1.62. The van der Waals surface area contributed by atoms with Crippen LogP contribution in [0.15, 0.2) is 12.4 Å². The van der Waals surface area contributed by atoms with Crippen LogP contribution in [0.25, 0.3) is 0 Å². The summed E-state index contributed by atoms with van der Waals surface area (Å²) in [5.74, 6) is 0.503. The third kappa shape index (κ3) is 4.39. The summed E-state index contributed by atoms with van der Waals surface area (Å²) in [6.45, 7) is 6.60. The highest BCUT2D eigenvalue weighted by atomic mass is 16.2. The Balaban J connectivity index is 1.81. The second kappa shape index (κ2) is 8.47. The molecule has 1 aliphatic heterocycles. The van der Waals surface area contributed by atoms with Crippen LogP contribution < -0.4 is 11.1 Å². The Hall–Kier alpha value is -1.89. The van der Waals surface area contributed by atoms with Gasteiger partial charge < -0.3 is 16.0 Å². The Morgan fingerprint density at radius 2 is 1.96 bits per heavy atom. The van der Waals surface area contributed by atoms with Crippen molar-refractivity contribution in [3.63, 3.8) is 0 Å². The Kier molecular flexibility index (Phi) is 6.58. The van der Waals surface area contributed by atoms with Gasteiger partial charge in [0.2, 0.25) is 5.91 Å².